The SMILES string of the molecule is O=C(Nc1ccc(F)cc1)C1(C(=O)Nc2ccc(Oc3ccnc4nc(-c5ccccc5)[nH]c34)cc2)CC1. The van der Waals surface area contributed by atoms with E-state index in [2.05, 4.69) is 25.6 Å². The van der Waals surface area contributed by atoms with Crippen LogP contribution in [0.15, 0.2) is 91.1 Å². The Labute approximate surface area is 216 Å². The predicted octanol–water partition coefficient (Wildman–Crippen LogP) is 5.91. The fourth-order valence-corrected chi connectivity index (χ4v) is 4.16. The minimum absolute atomic E-state index is 0.382. The zero-order chi connectivity index (χ0) is 26.1. The number of halogens is 1. The Bertz CT molecular complexity index is 1630. The third kappa shape index (κ3) is 4.57. The lowest BCUT2D eigenvalue weighted by molar-refractivity contribution is -0.131. The van der Waals surface area contributed by atoms with E-state index < -0.39 is 17.1 Å². The quantitative estimate of drug-likeness (QED) is 0.237. The van der Waals surface area contributed by atoms with Crippen molar-refractivity contribution in [3.05, 3.63) is 96.9 Å². The predicted molar refractivity (Wildman–Crippen MR) is 141 cm³/mol. The van der Waals surface area contributed by atoms with Gasteiger partial charge >= 0.3 is 0 Å². The molecule has 0 bridgehead atoms. The van der Waals surface area contributed by atoms with Crippen molar-refractivity contribution >= 4 is 34.4 Å². The summed E-state index contributed by atoms with van der Waals surface area (Å²) < 4.78 is 19.2. The molecule has 188 valence electrons. The van der Waals surface area contributed by atoms with Crippen molar-refractivity contribution < 1.29 is 18.7 Å². The average Bonchev–Trinajstić information content (AvgIpc) is 3.64. The molecule has 38 heavy (non-hydrogen) atoms. The molecule has 1 saturated carbocycles. The van der Waals surface area contributed by atoms with Gasteiger partial charge in [0.15, 0.2) is 11.4 Å². The summed E-state index contributed by atoms with van der Waals surface area (Å²) in [7, 11) is 0. The van der Waals surface area contributed by atoms with Crippen LogP contribution in [-0.2, 0) is 9.59 Å². The summed E-state index contributed by atoms with van der Waals surface area (Å²) in [5.74, 6) is 0.631. The summed E-state index contributed by atoms with van der Waals surface area (Å²) in [5.41, 5.74) is 2.00. The Morgan fingerprint density at radius 1 is 0.842 bits per heavy atom. The number of H-pyrrole nitrogens is 1. The van der Waals surface area contributed by atoms with Crippen molar-refractivity contribution in [2.75, 3.05) is 10.6 Å². The number of hydrogen-bond donors (Lipinski definition) is 3. The van der Waals surface area contributed by atoms with Gasteiger partial charge in [0.1, 0.15) is 28.3 Å². The van der Waals surface area contributed by atoms with Gasteiger partial charge in [-0.25, -0.2) is 14.4 Å². The number of nitrogens with zero attached hydrogens (tertiary/aromatic N) is 2. The zero-order valence-electron chi connectivity index (χ0n) is 20.1. The van der Waals surface area contributed by atoms with Gasteiger partial charge in [0.05, 0.1) is 0 Å². The van der Waals surface area contributed by atoms with Gasteiger partial charge in [-0.15, -0.1) is 0 Å². The van der Waals surface area contributed by atoms with E-state index in [0.717, 1.165) is 5.56 Å². The number of aromatic amines is 1. The first-order valence-corrected chi connectivity index (χ1v) is 12.1. The van der Waals surface area contributed by atoms with Gasteiger partial charge in [-0.2, -0.15) is 0 Å². The summed E-state index contributed by atoms with van der Waals surface area (Å²) in [6.07, 6.45) is 2.52. The molecule has 0 atom stereocenters. The van der Waals surface area contributed by atoms with Crippen molar-refractivity contribution in [1.29, 1.82) is 0 Å². The second-order valence-electron chi connectivity index (χ2n) is 9.08. The summed E-state index contributed by atoms with van der Waals surface area (Å²) in [4.78, 5) is 37.9. The summed E-state index contributed by atoms with van der Waals surface area (Å²) in [5, 5.41) is 5.52. The number of nitrogens with one attached hydrogen (secondary N) is 3. The van der Waals surface area contributed by atoms with Crippen LogP contribution in [0.25, 0.3) is 22.6 Å². The van der Waals surface area contributed by atoms with E-state index in [1.54, 1.807) is 36.5 Å². The Morgan fingerprint density at radius 3 is 2.11 bits per heavy atom. The normalized spacial score (nSPS) is 13.6. The van der Waals surface area contributed by atoms with Gasteiger partial charge in [-0.1, -0.05) is 30.3 Å². The summed E-state index contributed by atoms with van der Waals surface area (Å²) in [6, 6.07) is 23.8. The highest BCUT2D eigenvalue weighted by Gasteiger charge is 2.56. The van der Waals surface area contributed by atoms with Crippen LogP contribution in [0.1, 0.15) is 12.8 Å². The van der Waals surface area contributed by atoms with Crippen LogP contribution in [-0.4, -0.2) is 26.8 Å². The van der Waals surface area contributed by atoms with Gasteiger partial charge in [0.25, 0.3) is 0 Å². The fourth-order valence-electron chi connectivity index (χ4n) is 4.16. The molecule has 6 rings (SSSR count). The number of hydrogen-bond acceptors (Lipinski definition) is 5. The number of anilines is 2. The lowest BCUT2D eigenvalue weighted by Crippen LogP contribution is -2.35. The van der Waals surface area contributed by atoms with Gasteiger partial charge in [-0.3, -0.25) is 9.59 Å². The lowest BCUT2D eigenvalue weighted by Gasteiger charge is -2.16. The van der Waals surface area contributed by atoms with Crippen LogP contribution in [0.2, 0.25) is 0 Å². The third-order valence-corrected chi connectivity index (χ3v) is 6.46. The minimum atomic E-state index is -1.14. The molecule has 2 aromatic heterocycles. The molecule has 0 aliphatic heterocycles. The van der Waals surface area contributed by atoms with Crippen molar-refractivity contribution in [2.24, 2.45) is 5.41 Å². The first kappa shape index (κ1) is 23.4. The lowest BCUT2D eigenvalue weighted by atomic mass is 10.0. The molecule has 3 aromatic carbocycles. The van der Waals surface area contributed by atoms with Crippen LogP contribution < -0.4 is 15.4 Å². The largest absolute Gasteiger partial charge is 0.455 e. The Morgan fingerprint density at radius 2 is 1.47 bits per heavy atom. The van der Waals surface area contributed by atoms with Crippen LogP contribution >= 0.6 is 0 Å². The van der Waals surface area contributed by atoms with Gasteiger partial charge in [-0.05, 0) is 61.4 Å². The molecule has 2 amide bonds. The van der Waals surface area contributed by atoms with Crippen LogP contribution in [0.5, 0.6) is 11.5 Å². The summed E-state index contributed by atoms with van der Waals surface area (Å²) in [6.45, 7) is 0. The number of imidazole rings is 1. The van der Waals surface area contributed by atoms with Crippen molar-refractivity contribution in [3.63, 3.8) is 0 Å². The van der Waals surface area contributed by atoms with Crippen molar-refractivity contribution in [3.8, 4) is 22.9 Å². The third-order valence-electron chi connectivity index (χ3n) is 6.46. The van der Waals surface area contributed by atoms with Crippen LogP contribution in [0, 0.1) is 11.2 Å². The Hall–Kier alpha value is -5.05. The highest BCUT2D eigenvalue weighted by molar-refractivity contribution is 6.16. The molecule has 3 N–H and O–H groups in total. The smallest absolute Gasteiger partial charge is 0.240 e. The van der Waals surface area contributed by atoms with Gasteiger partial charge < -0.3 is 20.4 Å². The number of pyridine rings is 1. The van der Waals surface area contributed by atoms with Crippen molar-refractivity contribution in [2.45, 2.75) is 12.8 Å². The van der Waals surface area contributed by atoms with E-state index in [4.69, 9.17) is 4.74 Å². The first-order chi connectivity index (χ1) is 18.5. The number of benzene rings is 3. The molecular formula is C29H22FN5O3. The Kier molecular flexibility index (Phi) is 5.80. The molecule has 9 heteroatoms. The molecule has 2 heterocycles. The maximum absolute atomic E-state index is 13.1. The number of amides is 2. The highest BCUT2D eigenvalue weighted by Crippen LogP contribution is 2.47. The van der Waals surface area contributed by atoms with E-state index in [-0.39, 0.29) is 5.91 Å². The Balaban J connectivity index is 1.13. The number of ether oxygens (including phenoxy) is 1. The molecule has 1 fully saturated rings. The maximum Gasteiger partial charge on any atom is 0.240 e. The van der Waals surface area contributed by atoms with E-state index in [1.165, 1.54) is 24.3 Å². The van der Waals surface area contributed by atoms with Gasteiger partial charge in [0.2, 0.25) is 11.8 Å². The monoisotopic (exact) mass is 507 g/mol. The minimum Gasteiger partial charge on any atom is -0.455 e. The number of aromatic nitrogens is 3. The highest BCUT2D eigenvalue weighted by atomic mass is 19.1. The standard InChI is InChI=1S/C29H22FN5O3/c30-19-6-8-20(9-7-19)32-27(36)29(15-16-29)28(37)33-21-10-12-22(13-11-21)38-23-14-17-31-26-24(23)34-25(35-26)18-4-2-1-3-5-18/h1-14,17H,15-16H2,(H,32,36)(H,33,37)(H,31,34,35). The van der Waals surface area contributed by atoms with Crippen molar-refractivity contribution in [1.82, 2.24) is 15.0 Å². The number of carbonyl (C=O) groups excluding carboxylic acids is 2. The molecule has 5 aromatic rings. The fraction of sp³-hybridized carbons (Fsp3) is 0.103. The molecule has 0 unspecified atom stereocenters. The molecule has 1 aliphatic carbocycles. The number of fused-ring (bicyclic) bond motifs is 1. The second kappa shape index (κ2) is 9.44. The number of rotatable bonds is 7. The molecule has 8 nitrogen and oxygen atoms in total. The molecule has 0 spiro atoms. The number of carbonyl (C=O) groups is 2. The van der Waals surface area contributed by atoms with Crippen LogP contribution in [0.4, 0.5) is 15.8 Å². The average molecular weight is 508 g/mol. The molecule has 0 radical (unpaired) electrons. The first-order valence-electron chi connectivity index (χ1n) is 12.1. The van der Waals surface area contributed by atoms with E-state index in [9.17, 15) is 14.0 Å². The summed E-state index contributed by atoms with van der Waals surface area (Å²) >= 11 is 0. The van der Waals surface area contributed by atoms with E-state index in [0.29, 0.717) is 52.7 Å². The molecular weight excluding hydrogens is 485 g/mol. The maximum atomic E-state index is 13.1. The second-order valence-corrected chi connectivity index (χ2v) is 9.08. The van der Waals surface area contributed by atoms with Gasteiger partial charge in [0, 0.05) is 29.2 Å². The van der Waals surface area contributed by atoms with E-state index >= 15 is 0 Å². The molecule has 0 saturated heterocycles. The topological polar surface area (TPSA) is 109 Å². The van der Waals surface area contributed by atoms with E-state index in [1.807, 2.05) is 30.3 Å². The van der Waals surface area contributed by atoms with Crippen LogP contribution in [0.3, 0.4) is 0 Å². The zero-order valence-corrected chi connectivity index (χ0v) is 20.1. The molecule has 1 aliphatic rings.